The summed E-state index contributed by atoms with van der Waals surface area (Å²) in [5, 5.41) is 0. The number of nitrogens with zero attached hydrogens (tertiary/aromatic N) is 1. The van der Waals surface area contributed by atoms with E-state index in [-0.39, 0.29) is 0 Å². The lowest BCUT2D eigenvalue weighted by Gasteiger charge is -2.13. The molecule has 0 bridgehead atoms. The highest BCUT2D eigenvalue weighted by molar-refractivity contribution is 5.33. The SMILES string of the molecule is CCOc1cnc(C2CCCC2)cc1CN. The van der Waals surface area contributed by atoms with Crippen molar-refractivity contribution in [2.75, 3.05) is 6.61 Å². The van der Waals surface area contributed by atoms with Crippen LogP contribution in [0, 0.1) is 0 Å². The maximum atomic E-state index is 5.74. The van der Waals surface area contributed by atoms with Crippen LogP contribution >= 0.6 is 0 Å². The minimum atomic E-state index is 0.525. The molecule has 2 N–H and O–H groups in total. The minimum Gasteiger partial charge on any atom is -0.492 e. The van der Waals surface area contributed by atoms with E-state index in [1.54, 1.807) is 0 Å². The highest BCUT2D eigenvalue weighted by atomic mass is 16.5. The molecule has 1 aromatic heterocycles. The minimum absolute atomic E-state index is 0.525. The molecule has 0 amide bonds. The summed E-state index contributed by atoms with van der Waals surface area (Å²) < 4.78 is 5.50. The van der Waals surface area contributed by atoms with Crippen LogP contribution < -0.4 is 10.5 Å². The zero-order valence-electron chi connectivity index (χ0n) is 9.91. The molecule has 2 rings (SSSR count). The van der Waals surface area contributed by atoms with Gasteiger partial charge in [0, 0.05) is 23.7 Å². The van der Waals surface area contributed by atoms with Crippen LogP contribution in [-0.4, -0.2) is 11.6 Å². The van der Waals surface area contributed by atoms with Crippen LogP contribution in [0.1, 0.15) is 49.8 Å². The first-order valence-electron chi connectivity index (χ1n) is 6.16. The number of nitrogens with two attached hydrogens (primary N) is 1. The normalized spacial score (nSPS) is 16.6. The first-order chi connectivity index (χ1) is 7.85. The van der Waals surface area contributed by atoms with Crippen molar-refractivity contribution in [1.82, 2.24) is 4.98 Å². The quantitative estimate of drug-likeness (QED) is 0.848. The van der Waals surface area contributed by atoms with Gasteiger partial charge in [0.25, 0.3) is 0 Å². The second-order valence-corrected chi connectivity index (χ2v) is 4.34. The summed E-state index contributed by atoms with van der Waals surface area (Å²) >= 11 is 0. The van der Waals surface area contributed by atoms with Crippen molar-refractivity contribution >= 4 is 0 Å². The van der Waals surface area contributed by atoms with Crippen molar-refractivity contribution in [3.05, 3.63) is 23.5 Å². The van der Waals surface area contributed by atoms with Gasteiger partial charge in [-0.2, -0.15) is 0 Å². The Kier molecular flexibility index (Phi) is 3.78. The second-order valence-electron chi connectivity index (χ2n) is 4.34. The maximum Gasteiger partial charge on any atom is 0.142 e. The van der Waals surface area contributed by atoms with Crippen molar-refractivity contribution in [2.24, 2.45) is 5.73 Å². The van der Waals surface area contributed by atoms with E-state index in [9.17, 15) is 0 Å². The summed E-state index contributed by atoms with van der Waals surface area (Å²) in [6.45, 7) is 3.17. The molecule has 1 saturated carbocycles. The lowest BCUT2D eigenvalue weighted by Crippen LogP contribution is -2.06. The molecule has 1 heterocycles. The Labute approximate surface area is 97.0 Å². The van der Waals surface area contributed by atoms with Gasteiger partial charge in [-0.25, -0.2) is 0 Å². The predicted molar refractivity (Wildman–Crippen MR) is 64.5 cm³/mol. The standard InChI is InChI=1S/C13H20N2O/c1-2-16-13-9-15-12(7-11(13)8-14)10-5-3-4-6-10/h7,9-10H,2-6,8,14H2,1H3. The van der Waals surface area contributed by atoms with Crippen LogP contribution in [-0.2, 0) is 6.54 Å². The lowest BCUT2D eigenvalue weighted by atomic mass is 10.0. The molecule has 3 heteroatoms. The highest BCUT2D eigenvalue weighted by Gasteiger charge is 2.19. The number of rotatable bonds is 4. The Morgan fingerprint density at radius 1 is 1.44 bits per heavy atom. The zero-order valence-corrected chi connectivity index (χ0v) is 9.91. The fourth-order valence-corrected chi connectivity index (χ4v) is 2.39. The Balaban J connectivity index is 2.21. The van der Waals surface area contributed by atoms with E-state index < -0.39 is 0 Å². The van der Waals surface area contributed by atoms with Gasteiger partial charge in [-0.1, -0.05) is 12.8 Å². The van der Waals surface area contributed by atoms with Crippen LogP contribution in [0.4, 0.5) is 0 Å². The van der Waals surface area contributed by atoms with Gasteiger partial charge < -0.3 is 10.5 Å². The second kappa shape index (κ2) is 5.30. The maximum absolute atomic E-state index is 5.74. The molecule has 0 unspecified atom stereocenters. The molecule has 0 spiro atoms. The number of hydrogen-bond acceptors (Lipinski definition) is 3. The fourth-order valence-electron chi connectivity index (χ4n) is 2.39. The molecule has 0 radical (unpaired) electrons. The molecule has 0 aliphatic heterocycles. The van der Waals surface area contributed by atoms with Crippen molar-refractivity contribution in [3.8, 4) is 5.75 Å². The highest BCUT2D eigenvalue weighted by Crippen LogP contribution is 2.34. The van der Waals surface area contributed by atoms with Crippen molar-refractivity contribution in [1.29, 1.82) is 0 Å². The van der Waals surface area contributed by atoms with Crippen LogP contribution in [0.3, 0.4) is 0 Å². The third kappa shape index (κ3) is 2.35. The van der Waals surface area contributed by atoms with E-state index in [0.717, 1.165) is 11.3 Å². The van der Waals surface area contributed by atoms with Crippen LogP contribution in [0.2, 0.25) is 0 Å². The monoisotopic (exact) mass is 220 g/mol. The third-order valence-corrected chi connectivity index (χ3v) is 3.26. The Morgan fingerprint density at radius 3 is 2.81 bits per heavy atom. The van der Waals surface area contributed by atoms with Gasteiger partial charge in [0.2, 0.25) is 0 Å². The number of pyridine rings is 1. The Hall–Kier alpha value is -1.09. The molecule has 0 atom stereocenters. The van der Waals surface area contributed by atoms with Crippen molar-refractivity contribution in [2.45, 2.75) is 45.1 Å². The number of aromatic nitrogens is 1. The predicted octanol–water partition coefficient (Wildman–Crippen LogP) is 2.60. The van der Waals surface area contributed by atoms with E-state index in [2.05, 4.69) is 11.1 Å². The first kappa shape index (κ1) is 11.4. The van der Waals surface area contributed by atoms with Gasteiger partial charge >= 0.3 is 0 Å². The van der Waals surface area contributed by atoms with Gasteiger partial charge in [-0.3, -0.25) is 4.98 Å². The molecule has 1 aliphatic carbocycles. The fraction of sp³-hybridized carbons (Fsp3) is 0.615. The number of ether oxygens (including phenoxy) is 1. The van der Waals surface area contributed by atoms with E-state index in [4.69, 9.17) is 10.5 Å². The van der Waals surface area contributed by atoms with E-state index >= 15 is 0 Å². The lowest BCUT2D eigenvalue weighted by molar-refractivity contribution is 0.334. The van der Waals surface area contributed by atoms with Gasteiger partial charge in [0.05, 0.1) is 12.8 Å². The summed E-state index contributed by atoms with van der Waals surface area (Å²) in [5.74, 6) is 1.48. The first-order valence-corrected chi connectivity index (χ1v) is 6.16. The zero-order chi connectivity index (χ0) is 11.4. The molecule has 1 aliphatic rings. The van der Waals surface area contributed by atoms with E-state index in [1.807, 2.05) is 13.1 Å². The summed E-state index contributed by atoms with van der Waals surface area (Å²) in [5.41, 5.74) is 8.02. The topological polar surface area (TPSA) is 48.1 Å². The third-order valence-electron chi connectivity index (χ3n) is 3.26. The summed E-state index contributed by atoms with van der Waals surface area (Å²) in [4.78, 5) is 4.51. The van der Waals surface area contributed by atoms with Crippen molar-refractivity contribution in [3.63, 3.8) is 0 Å². The van der Waals surface area contributed by atoms with Gasteiger partial charge in [-0.05, 0) is 25.8 Å². The largest absolute Gasteiger partial charge is 0.492 e. The average molecular weight is 220 g/mol. The molecular formula is C13H20N2O. The van der Waals surface area contributed by atoms with Crippen LogP contribution in [0.15, 0.2) is 12.3 Å². The van der Waals surface area contributed by atoms with Gasteiger partial charge in [0.1, 0.15) is 5.75 Å². The molecular weight excluding hydrogens is 200 g/mol. The van der Waals surface area contributed by atoms with Crippen LogP contribution in [0.25, 0.3) is 0 Å². The Morgan fingerprint density at radius 2 is 2.19 bits per heavy atom. The molecule has 88 valence electrons. The van der Waals surface area contributed by atoms with Gasteiger partial charge in [0.15, 0.2) is 0 Å². The molecule has 0 saturated heterocycles. The summed E-state index contributed by atoms with van der Waals surface area (Å²) in [6, 6.07) is 2.13. The van der Waals surface area contributed by atoms with E-state index in [0.29, 0.717) is 19.1 Å². The average Bonchev–Trinajstić information content (AvgIpc) is 2.83. The molecule has 16 heavy (non-hydrogen) atoms. The Bertz CT molecular complexity index is 346. The molecule has 1 aromatic rings. The van der Waals surface area contributed by atoms with Crippen molar-refractivity contribution < 1.29 is 4.74 Å². The smallest absolute Gasteiger partial charge is 0.142 e. The molecule has 1 fully saturated rings. The molecule has 0 aromatic carbocycles. The summed E-state index contributed by atoms with van der Waals surface area (Å²) in [6.07, 6.45) is 7.03. The van der Waals surface area contributed by atoms with E-state index in [1.165, 1.54) is 31.4 Å². The van der Waals surface area contributed by atoms with Crippen LogP contribution in [0.5, 0.6) is 5.75 Å². The summed E-state index contributed by atoms with van der Waals surface area (Å²) in [7, 11) is 0. The van der Waals surface area contributed by atoms with Gasteiger partial charge in [-0.15, -0.1) is 0 Å². The number of hydrogen-bond donors (Lipinski definition) is 1. The molecule has 3 nitrogen and oxygen atoms in total.